The summed E-state index contributed by atoms with van der Waals surface area (Å²) in [5.41, 5.74) is 0. The van der Waals surface area contributed by atoms with Gasteiger partial charge in [0.2, 0.25) is 0 Å². The van der Waals surface area contributed by atoms with Crippen LogP contribution in [-0.4, -0.2) is 50.2 Å². The van der Waals surface area contributed by atoms with Gasteiger partial charge in [0.25, 0.3) is 0 Å². The second kappa shape index (κ2) is 5.10. The van der Waals surface area contributed by atoms with Crippen molar-refractivity contribution in [2.24, 2.45) is 5.92 Å². The third kappa shape index (κ3) is 2.47. The first kappa shape index (κ1) is 10.4. The molecule has 14 heavy (non-hydrogen) atoms. The molecule has 2 aliphatic heterocycles. The largest absolute Gasteiger partial charge is 0.314 e. The molecule has 0 amide bonds. The Balaban J connectivity index is 1.77. The highest BCUT2D eigenvalue weighted by Crippen LogP contribution is 2.19. The Morgan fingerprint density at radius 3 is 2.71 bits per heavy atom. The zero-order valence-corrected chi connectivity index (χ0v) is 9.26. The van der Waals surface area contributed by atoms with Gasteiger partial charge in [-0.25, -0.2) is 0 Å². The van der Waals surface area contributed by atoms with Crippen LogP contribution in [-0.2, 0) is 0 Å². The molecule has 0 aromatic rings. The van der Waals surface area contributed by atoms with Crippen molar-refractivity contribution < 1.29 is 0 Å². The van der Waals surface area contributed by atoms with Crippen molar-refractivity contribution in [2.45, 2.75) is 25.8 Å². The lowest BCUT2D eigenvalue weighted by Crippen LogP contribution is -2.46. The van der Waals surface area contributed by atoms with Crippen LogP contribution in [0.1, 0.15) is 19.8 Å². The molecular formula is C11H23N3. The van der Waals surface area contributed by atoms with Gasteiger partial charge in [0.05, 0.1) is 0 Å². The zero-order valence-electron chi connectivity index (χ0n) is 9.26. The van der Waals surface area contributed by atoms with E-state index in [9.17, 15) is 0 Å². The maximum atomic E-state index is 3.60. The molecule has 2 atom stereocenters. The smallest absolute Gasteiger partial charge is 0.0107 e. The number of piperazine rings is 1. The molecule has 3 nitrogen and oxygen atoms in total. The second-order valence-corrected chi connectivity index (χ2v) is 4.57. The summed E-state index contributed by atoms with van der Waals surface area (Å²) < 4.78 is 0. The molecule has 2 fully saturated rings. The molecule has 2 saturated heterocycles. The predicted octanol–water partition coefficient (Wildman–Crippen LogP) is 0.280. The van der Waals surface area contributed by atoms with Crippen molar-refractivity contribution in [1.82, 2.24) is 15.5 Å². The summed E-state index contributed by atoms with van der Waals surface area (Å²) in [4.78, 5) is 2.62. The van der Waals surface area contributed by atoms with Crippen molar-refractivity contribution in [3.63, 3.8) is 0 Å². The van der Waals surface area contributed by atoms with Crippen LogP contribution in [0.15, 0.2) is 0 Å². The second-order valence-electron chi connectivity index (χ2n) is 4.57. The molecule has 0 saturated carbocycles. The minimum atomic E-state index is 0.782. The summed E-state index contributed by atoms with van der Waals surface area (Å²) in [6, 6.07) is 0.782. The average molecular weight is 197 g/mol. The van der Waals surface area contributed by atoms with Gasteiger partial charge in [-0.2, -0.15) is 0 Å². The Morgan fingerprint density at radius 2 is 2.00 bits per heavy atom. The Bertz CT molecular complexity index is 166. The zero-order chi connectivity index (χ0) is 9.80. The van der Waals surface area contributed by atoms with Crippen LogP contribution in [0, 0.1) is 5.92 Å². The fourth-order valence-electron chi connectivity index (χ4n) is 2.74. The highest BCUT2D eigenvalue weighted by Gasteiger charge is 2.27. The quantitative estimate of drug-likeness (QED) is 0.680. The van der Waals surface area contributed by atoms with Crippen LogP contribution in [0.25, 0.3) is 0 Å². The molecule has 0 radical (unpaired) electrons. The van der Waals surface area contributed by atoms with Gasteiger partial charge in [0.1, 0.15) is 0 Å². The topological polar surface area (TPSA) is 27.3 Å². The Morgan fingerprint density at radius 1 is 1.21 bits per heavy atom. The minimum absolute atomic E-state index is 0.782. The number of hydrogen-bond donors (Lipinski definition) is 2. The number of nitrogens with one attached hydrogen (secondary N) is 2. The minimum Gasteiger partial charge on any atom is -0.314 e. The lowest BCUT2D eigenvalue weighted by molar-refractivity contribution is 0.196. The normalized spacial score (nSPS) is 34.9. The molecule has 3 heteroatoms. The number of rotatable bonds is 3. The first-order chi connectivity index (χ1) is 6.90. The van der Waals surface area contributed by atoms with Crippen molar-refractivity contribution in [2.75, 3.05) is 39.3 Å². The van der Waals surface area contributed by atoms with E-state index in [1.54, 1.807) is 0 Å². The molecular weight excluding hydrogens is 174 g/mol. The van der Waals surface area contributed by atoms with Crippen LogP contribution in [0.2, 0.25) is 0 Å². The summed E-state index contributed by atoms with van der Waals surface area (Å²) in [7, 11) is 0. The monoisotopic (exact) mass is 197 g/mol. The van der Waals surface area contributed by atoms with Crippen molar-refractivity contribution in [3.8, 4) is 0 Å². The summed E-state index contributed by atoms with van der Waals surface area (Å²) >= 11 is 0. The van der Waals surface area contributed by atoms with Gasteiger partial charge in [-0.3, -0.25) is 0 Å². The van der Waals surface area contributed by atoms with E-state index in [-0.39, 0.29) is 0 Å². The molecule has 2 aliphatic rings. The van der Waals surface area contributed by atoms with Gasteiger partial charge in [-0.1, -0.05) is 6.92 Å². The van der Waals surface area contributed by atoms with Gasteiger partial charge in [0.15, 0.2) is 0 Å². The van der Waals surface area contributed by atoms with Gasteiger partial charge in [-0.15, -0.1) is 0 Å². The van der Waals surface area contributed by atoms with E-state index in [0.29, 0.717) is 0 Å². The lowest BCUT2D eigenvalue weighted by Gasteiger charge is -2.31. The Hall–Kier alpha value is -0.120. The van der Waals surface area contributed by atoms with E-state index in [2.05, 4.69) is 22.5 Å². The molecule has 2 N–H and O–H groups in total. The SMILES string of the molecule is CC[C@H]1NCC[C@@H]1CN1CCNCC1. The molecule has 0 unspecified atom stereocenters. The van der Waals surface area contributed by atoms with Crippen molar-refractivity contribution in [3.05, 3.63) is 0 Å². The van der Waals surface area contributed by atoms with Gasteiger partial charge < -0.3 is 15.5 Å². The summed E-state index contributed by atoms with van der Waals surface area (Å²) in [6.07, 6.45) is 2.67. The fourth-order valence-corrected chi connectivity index (χ4v) is 2.74. The predicted molar refractivity (Wildman–Crippen MR) is 59.5 cm³/mol. The molecule has 2 heterocycles. The van der Waals surface area contributed by atoms with E-state index in [0.717, 1.165) is 12.0 Å². The van der Waals surface area contributed by atoms with Crippen LogP contribution in [0.5, 0.6) is 0 Å². The number of nitrogens with zero attached hydrogens (tertiary/aromatic N) is 1. The molecule has 0 spiro atoms. The third-order valence-corrected chi connectivity index (χ3v) is 3.63. The highest BCUT2D eigenvalue weighted by molar-refractivity contribution is 4.85. The Labute approximate surface area is 87.2 Å². The average Bonchev–Trinajstić information content (AvgIpc) is 2.67. The first-order valence-corrected chi connectivity index (χ1v) is 6.06. The summed E-state index contributed by atoms with van der Waals surface area (Å²) in [5.74, 6) is 0.901. The van der Waals surface area contributed by atoms with Crippen LogP contribution in [0.4, 0.5) is 0 Å². The Kier molecular flexibility index (Phi) is 3.79. The maximum Gasteiger partial charge on any atom is 0.0107 e. The molecule has 82 valence electrons. The standard InChI is InChI=1S/C11H23N3/c1-2-11-10(3-4-13-11)9-14-7-5-12-6-8-14/h10-13H,2-9H2,1H3/t10-,11-/m1/s1. The van der Waals surface area contributed by atoms with Gasteiger partial charge in [0, 0.05) is 38.8 Å². The lowest BCUT2D eigenvalue weighted by atomic mass is 9.98. The van der Waals surface area contributed by atoms with Crippen LogP contribution in [0.3, 0.4) is 0 Å². The third-order valence-electron chi connectivity index (χ3n) is 3.63. The number of hydrogen-bond acceptors (Lipinski definition) is 3. The van der Waals surface area contributed by atoms with E-state index < -0.39 is 0 Å². The molecule has 2 rings (SSSR count). The molecule has 0 aromatic carbocycles. The van der Waals surface area contributed by atoms with E-state index in [4.69, 9.17) is 0 Å². The highest BCUT2D eigenvalue weighted by atomic mass is 15.2. The summed E-state index contributed by atoms with van der Waals surface area (Å²) in [5, 5.41) is 7.01. The van der Waals surface area contributed by atoms with E-state index in [1.165, 1.54) is 52.1 Å². The first-order valence-electron chi connectivity index (χ1n) is 6.06. The van der Waals surface area contributed by atoms with Gasteiger partial charge >= 0.3 is 0 Å². The molecule has 0 aromatic heterocycles. The van der Waals surface area contributed by atoms with Crippen LogP contribution >= 0.6 is 0 Å². The van der Waals surface area contributed by atoms with Crippen molar-refractivity contribution >= 4 is 0 Å². The van der Waals surface area contributed by atoms with E-state index >= 15 is 0 Å². The van der Waals surface area contributed by atoms with Gasteiger partial charge in [-0.05, 0) is 25.3 Å². The van der Waals surface area contributed by atoms with E-state index in [1.807, 2.05) is 0 Å². The fraction of sp³-hybridized carbons (Fsp3) is 1.00. The van der Waals surface area contributed by atoms with Crippen LogP contribution < -0.4 is 10.6 Å². The molecule has 0 aliphatic carbocycles. The summed E-state index contributed by atoms with van der Waals surface area (Å²) in [6.45, 7) is 9.68. The van der Waals surface area contributed by atoms with Crippen molar-refractivity contribution in [1.29, 1.82) is 0 Å². The maximum absolute atomic E-state index is 3.60. The molecule has 0 bridgehead atoms.